The molecule has 0 aliphatic rings. The van der Waals surface area contributed by atoms with E-state index in [0.29, 0.717) is 11.3 Å². The standard InChI is InChI=1S/C20H18O3/c1-14(2)22-18-10-8-16(9-11-18)20(21)23-19-12-7-15-5-3-4-6-17(15)13-19/h3-14H,1-2H3. The lowest BCUT2D eigenvalue weighted by Crippen LogP contribution is -2.09. The molecule has 0 aromatic heterocycles. The Balaban J connectivity index is 1.74. The molecule has 0 saturated carbocycles. The van der Waals surface area contributed by atoms with Crippen LogP contribution in [-0.4, -0.2) is 12.1 Å². The minimum Gasteiger partial charge on any atom is -0.491 e. The Bertz CT molecular complexity index is 820. The SMILES string of the molecule is CC(C)Oc1ccc(C(=O)Oc2ccc3ccccc3c2)cc1. The van der Waals surface area contributed by atoms with Gasteiger partial charge in [0, 0.05) is 0 Å². The fourth-order valence-electron chi connectivity index (χ4n) is 2.34. The van der Waals surface area contributed by atoms with Gasteiger partial charge in [-0.05, 0) is 61.0 Å². The zero-order valence-corrected chi connectivity index (χ0v) is 13.2. The molecule has 0 unspecified atom stereocenters. The minimum absolute atomic E-state index is 0.102. The van der Waals surface area contributed by atoms with E-state index in [0.717, 1.165) is 16.5 Å². The van der Waals surface area contributed by atoms with E-state index in [1.807, 2.05) is 50.2 Å². The first-order chi connectivity index (χ1) is 11.1. The van der Waals surface area contributed by atoms with Gasteiger partial charge in [0.15, 0.2) is 0 Å². The minimum atomic E-state index is -0.378. The highest BCUT2D eigenvalue weighted by atomic mass is 16.5. The molecule has 0 aliphatic heterocycles. The predicted octanol–water partition coefficient (Wildman–Crippen LogP) is 4.85. The zero-order valence-electron chi connectivity index (χ0n) is 13.2. The van der Waals surface area contributed by atoms with Crippen LogP contribution in [0.1, 0.15) is 24.2 Å². The average molecular weight is 306 g/mol. The molecule has 0 bridgehead atoms. The van der Waals surface area contributed by atoms with Crippen molar-refractivity contribution in [3.05, 3.63) is 72.3 Å². The second kappa shape index (κ2) is 6.53. The van der Waals surface area contributed by atoms with Crippen LogP contribution in [0.2, 0.25) is 0 Å². The highest BCUT2D eigenvalue weighted by Crippen LogP contribution is 2.22. The maximum absolute atomic E-state index is 12.2. The summed E-state index contributed by atoms with van der Waals surface area (Å²) in [5, 5.41) is 2.15. The number of carbonyl (C=O) groups excluding carboxylic acids is 1. The summed E-state index contributed by atoms with van der Waals surface area (Å²) < 4.78 is 11.0. The molecule has 3 nitrogen and oxygen atoms in total. The lowest BCUT2D eigenvalue weighted by molar-refractivity contribution is 0.0735. The van der Waals surface area contributed by atoms with Crippen molar-refractivity contribution in [2.45, 2.75) is 20.0 Å². The van der Waals surface area contributed by atoms with Crippen molar-refractivity contribution in [2.75, 3.05) is 0 Å². The summed E-state index contributed by atoms with van der Waals surface area (Å²) in [5.74, 6) is 0.898. The Morgan fingerprint density at radius 2 is 1.48 bits per heavy atom. The van der Waals surface area contributed by atoms with Crippen molar-refractivity contribution in [1.29, 1.82) is 0 Å². The highest BCUT2D eigenvalue weighted by Gasteiger charge is 2.09. The molecule has 116 valence electrons. The maximum Gasteiger partial charge on any atom is 0.343 e. The Hall–Kier alpha value is -2.81. The van der Waals surface area contributed by atoms with Gasteiger partial charge in [-0.2, -0.15) is 0 Å². The summed E-state index contributed by atoms with van der Waals surface area (Å²) >= 11 is 0. The van der Waals surface area contributed by atoms with E-state index in [4.69, 9.17) is 9.47 Å². The molecule has 3 rings (SSSR count). The van der Waals surface area contributed by atoms with E-state index in [1.165, 1.54) is 0 Å². The van der Waals surface area contributed by atoms with Crippen LogP contribution in [0.25, 0.3) is 10.8 Å². The van der Waals surface area contributed by atoms with Gasteiger partial charge < -0.3 is 9.47 Å². The lowest BCUT2D eigenvalue weighted by Gasteiger charge is -2.10. The number of rotatable bonds is 4. The molecular formula is C20H18O3. The van der Waals surface area contributed by atoms with Crippen molar-refractivity contribution < 1.29 is 14.3 Å². The van der Waals surface area contributed by atoms with E-state index >= 15 is 0 Å². The molecule has 0 aliphatic carbocycles. The van der Waals surface area contributed by atoms with E-state index < -0.39 is 0 Å². The predicted molar refractivity (Wildman–Crippen MR) is 91.1 cm³/mol. The van der Waals surface area contributed by atoms with Crippen LogP contribution in [0.4, 0.5) is 0 Å². The quantitative estimate of drug-likeness (QED) is 0.511. The summed E-state index contributed by atoms with van der Waals surface area (Å²) in [5.41, 5.74) is 0.495. The summed E-state index contributed by atoms with van der Waals surface area (Å²) in [6, 6.07) is 20.5. The molecule has 0 saturated heterocycles. The van der Waals surface area contributed by atoms with E-state index in [1.54, 1.807) is 30.3 Å². The number of carbonyl (C=O) groups is 1. The molecule has 3 aromatic carbocycles. The van der Waals surface area contributed by atoms with Crippen molar-refractivity contribution in [3.8, 4) is 11.5 Å². The molecule has 0 fully saturated rings. The summed E-state index contributed by atoms with van der Waals surface area (Å²) in [6.07, 6.45) is 0.102. The van der Waals surface area contributed by atoms with Crippen LogP contribution in [0, 0.1) is 0 Å². The molecule has 0 amide bonds. The summed E-state index contributed by atoms with van der Waals surface area (Å²) in [7, 11) is 0. The fraction of sp³-hybridized carbons (Fsp3) is 0.150. The largest absolute Gasteiger partial charge is 0.491 e. The van der Waals surface area contributed by atoms with Crippen molar-refractivity contribution in [1.82, 2.24) is 0 Å². The van der Waals surface area contributed by atoms with E-state index in [2.05, 4.69) is 0 Å². The number of hydrogen-bond acceptors (Lipinski definition) is 3. The van der Waals surface area contributed by atoms with Gasteiger partial charge in [0.25, 0.3) is 0 Å². The molecule has 3 aromatic rings. The van der Waals surface area contributed by atoms with E-state index in [9.17, 15) is 4.79 Å². The third-order valence-corrected chi connectivity index (χ3v) is 3.39. The van der Waals surface area contributed by atoms with Crippen LogP contribution >= 0.6 is 0 Å². The third-order valence-electron chi connectivity index (χ3n) is 3.39. The highest BCUT2D eigenvalue weighted by molar-refractivity contribution is 5.92. The molecule has 0 N–H and O–H groups in total. The second-order valence-electron chi connectivity index (χ2n) is 5.59. The molecule has 0 spiro atoms. The van der Waals surface area contributed by atoms with Gasteiger partial charge in [0.1, 0.15) is 11.5 Å². The first kappa shape index (κ1) is 15.1. The van der Waals surface area contributed by atoms with Gasteiger partial charge in [-0.25, -0.2) is 4.79 Å². The molecule has 3 heteroatoms. The molecule has 0 atom stereocenters. The van der Waals surface area contributed by atoms with Gasteiger partial charge in [0.2, 0.25) is 0 Å². The average Bonchev–Trinajstić information content (AvgIpc) is 2.55. The van der Waals surface area contributed by atoms with Crippen molar-refractivity contribution >= 4 is 16.7 Å². The van der Waals surface area contributed by atoms with Gasteiger partial charge in [-0.3, -0.25) is 0 Å². The van der Waals surface area contributed by atoms with Crippen LogP contribution < -0.4 is 9.47 Å². The number of ether oxygens (including phenoxy) is 2. The first-order valence-corrected chi connectivity index (χ1v) is 7.59. The Morgan fingerprint density at radius 1 is 0.826 bits per heavy atom. The normalized spacial score (nSPS) is 10.7. The second-order valence-corrected chi connectivity index (χ2v) is 5.59. The topological polar surface area (TPSA) is 35.5 Å². The Labute approximate surface area is 135 Å². The van der Waals surface area contributed by atoms with Gasteiger partial charge >= 0.3 is 5.97 Å². The van der Waals surface area contributed by atoms with E-state index in [-0.39, 0.29) is 12.1 Å². The van der Waals surface area contributed by atoms with Gasteiger partial charge in [-0.15, -0.1) is 0 Å². The number of fused-ring (bicyclic) bond motifs is 1. The van der Waals surface area contributed by atoms with Crippen LogP contribution in [0.15, 0.2) is 66.7 Å². The van der Waals surface area contributed by atoms with Crippen molar-refractivity contribution in [3.63, 3.8) is 0 Å². The number of esters is 1. The molecule has 0 heterocycles. The fourth-order valence-corrected chi connectivity index (χ4v) is 2.34. The molecular weight excluding hydrogens is 288 g/mol. The Kier molecular flexibility index (Phi) is 4.29. The lowest BCUT2D eigenvalue weighted by atomic mass is 10.1. The Morgan fingerprint density at radius 3 is 2.17 bits per heavy atom. The molecule has 0 radical (unpaired) electrons. The zero-order chi connectivity index (χ0) is 16.2. The van der Waals surface area contributed by atoms with Crippen LogP contribution in [0.5, 0.6) is 11.5 Å². The number of benzene rings is 3. The third kappa shape index (κ3) is 3.69. The smallest absolute Gasteiger partial charge is 0.343 e. The monoisotopic (exact) mass is 306 g/mol. The van der Waals surface area contributed by atoms with Gasteiger partial charge in [0.05, 0.1) is 11.7 Å². The molecule has 23 heavy (non-hydrogen) atoms. The van der Waals surface area contributed by atoms with Crippen LogP contribution in [0.3, 0.4) is 0 Å². The summed E-state index contributed by atoms with van der Waals surface area (Å²) in [6.45, 7) is 3.92. The first-order valence-electron chi connectivity index (χ1n) is 7.59. The maximum atomic E-state index is 12.2. The van der Waals surface area contributed by atoms with Crippen molar-refractivity contribution in [2.24, 2.45) is 0 Å². The number of hydrogen-bond donors (Lipinski definition) is 0. The van der Waals surface area contributed by atoms with Gasteiger partial charge in [-0.1, -0.05) is 30.3 Å². The summed E-state index contributed by atoms with van der Waals surface area (Å²) in [4.78, 5) is 12.2. The van der Waals surface area contributed by atoms with Crippen LogP contribution in [-0.2, 0) is 0 Å².